The highest BCUT2D eigenvalue weighted by Crippen LogP contribution is 2.38. The third kappa shape index (κ3) is 3.92. The summed E-state index contributed by atoms with van der Waals surface area (Å²) < 4.78 is 27.1. The molecule has 0 saturated carbocycles. The molecule has 2 aliphatic carbocycles. The molecule has 2 amide bonds. The number of nitrogens with one attached hydrogen (secondary N) is 2. The molecule has 1 aliphatic heterocycles. The summed E-state index contributed by atoms with van der Waals surface area (Å²) in [6.07, 6.45) is 7.32. The smallest absolute Gasteiger partial charge is 0.307 e. The second-order valence-corrected chi connectivity index (χ2v) is 10.6. The van der Waals surface area contributed by atoms with E-state index in [2.05, 4.69) is 34.9 Å². The standard InChI is InChI=1S/C21H31N3O3S/c1-14(2)19-9-10-24(19)11-12-28(26,27)23-21(25)22-20-17-7-3-5-15(17)13-16-6-4-8-18(16)20/h13-14,19H,3-12H2,1-2H3,(H2,22,23,25). The number of benzene rings is 1. The average Bonchev–Trinajstić information content (AvgIpc) is 3.21. The maximum Gasteiger partial charge on any atom is 0.332 e. The number of anilines is 1. The van der Waals surface area contributed by atoms with Crippen LogP contribution in [0, 0.1) is 5.92 Å². The van der Waals surface area contributed by atoms with Gasteiger partial charge < -0.3 is 5.32 Å². The summed E-state index contributed by atoms with van der Waals surface area (Å²) in [5, 5.41) is 2.90. The quantitative estimate of drug-likeness (QED) is 0.763. The van der Waals surface area contributed by atoms with Gasteiger partial charge in [-0.2, -0.15) is 0 Å². The minimum atomic E-state index is -3.65. The number of sulfonamides is 1. The third-order valence-corrected chi connectivity index (χ3v) is 7.77. The molecular weight excluding hydrogens is 374 g/mol. The molecule has 28 heavy (non-hydrogen) atoms. The zero-order chi connectivity index (χ0) is 19.9. The molecule has 1 unspecified atom stereocenters. The van der Waals surface area contributed by atoms with Gasteiger partial charge >= 0.3 is 6.03 Å². The second kappa shape index (κ2) is 7.67. The van der Waals surface area contributed by atoms with E-state index >= 15 is 0 Å². The normalized spacial score (nSPS) is 21.3. The topological polar surface area (TPSA) is 78.5 Å². The molecule has 1 atom stereocenters. The van der Waals surface area contributed by atoms with E-state index in [1.807, 2.05) is 0 Å². The lowest BCUT2D eigenvalue weighted by molar-refractivity contribution is 0.0631. The van der Waals surface area contributed by atoms with Crippen LogP contribution in [0.15, 0.2) is 6.07 Å². The number of aryl methyl sites for hydroxylation is 2. The van der Waals surface area contributed by atoms with E-state index in [1.165, 1.54) is 22.3 Å². The summed E-state index contributed by atoms with van der Waals surface area (Å²) in [7, 11) is -3.65. The Hall–Kier alpha value is -1.60. The van der Waals surface area contributed by atoms with Gasteiger partial charge in [-0.15, -0.1) is 0 Å². The fourth-order valence-electron chi connectivity index (χ4n) is 5.03. The summed E-state index contributed by atoms with van der Waals surface area (Å²) in [5.41, 5.74) is 5.91. The monoisotopic (exact) mass is 405 g/mol. The molecule has 1 aromatic carbocycles. The van der Waals surface area contributed by atoms with Crippen molar-refractivity contribution in [3.63, 3.8) is 0 Å². The Morgan fingerprint density at radius 2 is 1.79 bits per heavy atom. The van der Waals surface area contributed by atoms with Gasteiger partial charge in [-0.1, -0.05) is 19.9 Å². The van der Waals surface area contributed by atoms with E-state index in [-0.39, 0.29) is 5.75 Å². The molecular formula is C21H31N3O3S. The van der Waals surface area contributed by atoms with Crippen LogP contribution < -0.4 is 10.0 Å². The molecule has 6 nitrogen and oxygen atoms in total. The van der Waals surface area contributed by atoms with Crippen molar-refractivity contribution in [2.75, 3.05) is 24.2 Å². The van der Waals surface area contributed by atoms with E-state index in [0.717, 1.165) is 57.2 Å². The van der Waals surface area contributed by atoms with Gasteiger partial charge in [-0.25, -0.2) is 17.9 Å². The molecule has 1 aromatic rings. The molecule has 154 valence electrons. The first-order valence-electron chi connectivity index (χ1n) is 10.6. The predicted octanol–water partition coefficient (Wildman–Crippen LogP) is 2.85. The number of urea groups is 1. The summed E-state index contributed by atoms with van der Waals surface area (Å²) >= 11 is 0. The lowest BCUT2D eigenvalue weighted by Gasteiger charge is -2.43. The maximum absolute atomic E-state index is 12.5. The molecule has 0 radical (unpaired) electrons. The highest BCUT2D eigenvalue weighted by molar-refractivity contribution is 7.90. The predicted molar refractivity (Wildman–Crippen MR) is 111 cm³/mol. The molecule has 7 heteroatoms. The van der Waals surface area contributed by atoms with E-state index in [1.54, 1.807) is 0 Å². The minimum absolute atomic E-state index is 0.0470. The Morgan fingerprint density at radius 1 is 1.14 bits per heavy atom. The Balaban J connectivity index is 1.40. The van der Waals surface area contributed by atoms with E-state index < -0.39 is 16.1 Å². The SMILES string of the molecule is CC(C)C1CCN1CCS(=O)(=O)NC(=O)Nc1c2c(cc3c1CCC3)CCC2. The van der Waals surface area contributed by atoms with Gasteiger partial charge in [0.05, 0.1) is 5.75 Å². The largest absolute Gasteiger partial charge is 0.332 e. The molecule has 0 spiro atoms. The molecule has 1 heterocycles. The zero-order valence-corrected chi connectivity index (χ0v) is 17.7. The highest BCUT2D eigenvalue weighted by Gasteiger charge is 2.31. The number of hydrogen-bond acceptors (Lipinski definition) is 4. The van der Waals surface area contributed by atoms with Crippen LogP contribution in [0.3, 0.4) is 0 Å². The summed E-state index contributed by atoms with van der Waals surface area (Å²) in [6.45, 7) is 5.73. The van der Waals surface area contributed by atoms with Gasteiger partial charge in [-0.05, 0) is 79.7 Å². The first kappa shape index (κ1) is 19.7. The summed E-state index contributed by atoms with van der Waals surface area (Å²) in [4.78, 5) is 14.7. The van der Waals surface area contributed by atoms with Gasteiger partial charge in [0.25, 0.3) is 0 Å². The highest BCUT2D eigenvalue weighted by atomic mass is 32.2. The van der Waals surface area contributed by atoms with E-state index in [9.17, 15) is 13.2 Å². The first-order valence-corrected chi connectivity index (χ1v) is 12.2. The van der Waals surface area contributed by atoms with Crippen LogP contribution in [-0.2, 0) is 35.7 Å². The van der Waals surface area contributed by atoms with E-state index in [0.29, 0.717) is 18.5 Å². The molecule has 2 N–H and O–H groups in total. The molecule has 4 rings (SSSR count). The van der Waals surface area contributed by atoms with Crippen molar-refractivity contribution >= 4 is 21.7 Å². The van der Waals surface area contributed by atoms with Crippen LogP contribution in [0.25, 0.3) is 0 Å². The van der Waals surface area contributed by atoms with Crippen molar-refractivity contribution in [1.82, 2.24) is 9.62 Å². The van der Waals surface area contributed by atoms with Crippen LogP contribution in [0.4, 0.5) is 10.5 Å². The maximum atomic E-state index is 12.5. The zero-order valence-electron chi connectivity index (χ0n) is 16.9. The summed E-state index contributed by atoms with van der Waals surface area (Å²) in [6, 6.07) is 2.12. The van der Waals surface area contributed by atoms with Crippen molar-refractivity contribution in [1.29, 1.82) is 0 Å². The number of amides is 2. The van der Waals surface area contributed by atoms with Crippen molar-refractivity contribution in [3.8, 4) is 0 Å². The second-order valence-electron chi connectivity index (χ2n) is 8.75. The molecule has 1 fully saturated rings. The Labute approximate surface area is 168 Å². The van der Waals surface area contributed by atoms with Gasteiger partial charge in [0.15, 0.2) is 0 Å². The van der Waals surface area contributed by atoms with Gasteiger partial charge in [0.2, 0.25) is 10.0 Å². The number of rotatable bonds is 6. The van der Waals surface area contributed by atoms with Crippen molar-refractivity contribution < 1.29 is 13.2 Å². The molecule has 0 bridgehead atoms. The van der Waals surface area contributed by atoms with Crippen LogP contribution in [0.5, 0.6) is 0 Å². The van der Waals surface area contributed by atoms with Gasteiger partial charge in [0.1, 0.15) is 0 Å². The number of nitrogens with zero attached hydrogens (tertiary/aromatic N) is 1. The fraction of sp³-hybridized carbons (Fsp3) is 0.667. The van der Waals surface area contributed by atoms with Gasteiger partial charge in [-0.3, -0.25) is 4.90 Å². The van der Waals surface area contributed by atoms with Crippen LogP contribution >= 0.6 is 0 Å². The lowest BCUT2D eigenvalue weighted by Crippen LogP contribution is -2.52. The average molecular weight is 406 g/mol. The fourth-order valence-corrected chi connectivity index (χ4v) is 5.94. The van der Waals surface area contributed by atoms with Crippen molar-refractivity contribution in [2.24, 2.45) is 5.92 Å². The lowest BCUT2D eigenvalue weighted by atomic mass is 9.92. The minimum Gasteiger partial charge on any atom is -0.307 e. The Bertz CT molecular complexity index is 847. The Kier molecular flexibility index (Phi) is 5.40. The van der Waals surface area contributed by atoms with Crippen LogP contribution in [-0.4, -0.2) is 44.2 Å². The molecule has 0 aromatic heterocycles. The van der Waals surface area contributed by atoms with E-state index in [4.69, 9.17) is 0 Å². The number of carbonyl (C=O) groups is 1. The number of carbonyl (C=O) groups excluding carboxylic acids is 1. The van der Waals surface area contributed by atoms with Crippen molar-refractivity contribution in [3.05, 3.63) is 28.3 Å². The third-order valence-electron chi connectivity index (χ3n) is 6.56. The number of likely N-dealkylation sites (tertiary alicyclic amines) is 1. The molecule has 3 aliphatic rings. The number of fused-ring (bicyclic) bond motifs is 2. The first-order chi connectivity index (χ1) is 13.3. The Morgan fingerprint density at radius 3 is 2.32 bits per heavy atom. The van der Waals surface area contributed by atoms with Crippen LogP contribution in [0.2, 0.25) is 0 Å². The number of hydrogen-bond donors (Lipinski definition) is 2. The van der Waals surface area contributed by atoms with Crippen LogP contribution in [0.1, 0.15) is 55.4 Å². The van der Waals surface area contributed by atoms with Gasteiger partial charge in [0, 0.05) is 18.3 Å². The van der Waals surface area contributed by atoms with Crippen molar-refractivity contribution in [2.45, 2.75) is 64.8 Å². The molecule has 1 saturated heterocycles. The summed E-state index contributed by atoms with van der Waals surface area (Å²) in [5.74, 6) is 0.476.